The van der Waals surface area contributed by atoms with Crippen molar-refractivity contribution in [1.29, 1.82) is 0 Å². The second-order valence-electron chi connectivity index (χ2n) is 6.04. The quantitative estimate of drug-likeness (QED) is 0.446. The summed E-state index contributed by atoms with van der Waals surface area (Å²) in [7, 11) is 3.10. The summed E-state index contributed by atoms with van der Waals surface area (Å²) in [6.07, 6.45) is 0.455. The maximum atomic E-state index is 12.2. The minimum absolute atomic E-state index is 0.129. The molecule has 0 bridgehead atoms. The standard InChI is InChI=1S/C16H23N3O6/c1-16(23,15(21)22)8-17-14(20)11-7-10(18-19-11)9-4-5-12(24-2)13(6-9)25-3/h4-6,10-11,18-19,23H,7-8H2,1-3H3,(H,17,20)(H,21,22). The van der Waals surface area contributed by atoms with Crippen molar-refractivity contribution in [3.63, 3.8) is 0 Å². The van der Waals surface area contributed by atoms with Crippen molar-refractivity contribution in [2.45, 2.75) is 31.0 Å². The van der Waals surface area contributed by atoms with Crippen molar-refractivity contribution in [3.05, 3.63) is 23.8 Å². The molecular weight excluding hydrogens is 330 g/mol. The third-order valence-corrected chi connectivity index (χ3v) is 4.10. The fraction of sp³-hybridized carbons (Fsp3) is 0.500. The molecule has 1 aromatic rings. The van der Waals surface area contributed by atoms with Crippen LogP contribution in [-0.4, -0.2) is 54.5 Å². The Morgan fingerprint density at radius 3 is 2.56 bits per heavy atom. The molecular formula is C16H23N3O6. The Bertz CT molecular complexity index is 649. The smallest absolute Gasteiger partial charge is 0.337 e. The number of hydrogen-bond donors (Lipinski definition) is 5. The third-order valence-electron chi connectivity index (χ3n) is 4.10. The monoisotopic (exact) mass is 353 g/mol. The lowest BCUT2D eigenvalue weighted by Crippen LogP contribution is -2.51. The first kappa shape index (κ1) is 19.0. The van der Waals surface area contributed by atoms with Crippen LogP contribution in [0.4, 0.5) is 0 Å². The highest BCUT2D eigenvalue weighted by Crippen LogP contribution is 2.32. The molecule has 0 saturated carbocycles. The highest BCUT2D eigenvalue weighted by Gasteiger charge is 2.34. The maximum Gasteiger partial charge on any atom is 0.337 e. The van der Waals surface area contributed by atoms with E-state index in [1.54, 1.807) is 20.3 Å². The SMILES string of the molecule is COc1ccc(C2CC(C(=O)NCC(C)(O)C(=O)O)NN2)cc1OC. The van der Waals surface area contributed by atoms with Crippen molar-refractivity contribution in [1.82, 2.24) is 16.2 Å². The molecule has 25 heavy (non-hydrogen) atoms. The maximum absolute atomic E-state index is 12.2. The molecule has 0 spiro atoms. The predicted octanol–water partition coefficient (Wildman–Crippen LogP) is -0.437. The number of amides is 1. The average Bonchev–Trinajstić information content (AvgIpc) is 3.09. The summed E-state index contributed by atoms with van der Waals surface area (Å²) in [5.41, 5.74) is 4.81. The van der Waals surface area contributed by atoms with E-state index in [0.29, 0.717) is 17.9 Å². The van der Waals surface area contributed by atoms with Crippen molar-refractivity contribution in [2.24, 2.45) is 0 Å². The second kappa shape index (κ2) is 7.68. The first-order valence-electron chi connectivity index (χ1n) is 7.75. The van der Waals surface area contributed by atoms with Gasteiger partial charge in [0.2, 0.25) is 5.91 Å². The summed E-state index contributed by atoms with van der Waals surface area (Å²) in [5, 5.41) is 20.9. The number of aliphatic carboxylic acids is 1. The number of rotatable bonds is 7. The molecule has 9 nitrogen and oxygen atoms in total. The fourth-order valence-corrected chi connectivity index (χ4v) is 2.47. The summed E-state index contributed by atoms with van der Waals surface area (Å²) in [6, 6.07) is 4.80. The Morgan fingerprint density at radius 2 is 1.96 bits per heavy atom. The lowest BCUT2D eigenvalue weighted by Gasteiger charge is -2.19. The molecule has 3 unspecified atom stereocenters. The molecule has 2 rings (SSSR count). The van der Waals surface area contributed by atoms with Gasteiger partial charge in [0.15, 0.2) is 17.1 Å². The molecule has 1 aliphatic heterocycles. The van der Waals surface area contributed by atoms with Crippen LogP contribution >= 0.6 is 0 Å². The van der Waals surface area contributed by atoms with Crippen molar-refractivity contribution >= 4 is 11.9 Å². The molecule has 1 saturated heterocycles. The summed E-state index contributed by atoms with van der Waals surface area (Å²) < 4.78 is 10.5. The number of carboxylic acid groups (broad SMARTS) is 1. The molecule has 9 heteroatoms. The Kier molecular flexibility index (Phi) is 5.83. The molecule has 1 aromatic carbocycles. The Labute approximate surface area is 145 Å². The topological polar surface area (TPSA) is 129 Å². The molecule has 1 heterocycles. The van der Waals surface area contributed by atoms with Gasteiger partial charge in [-0.05, 0) is 31.0 Å². The zero-order valence-corrected chi connectivity index (χ0v) is 14.3. The lowest BCUT2D eigenvalue weighted by molar-refractivity contribution is -0.156. The Morgan fingerprint density at radius 1 is 1.28 bits per heavy atom. The molecule has 1 aliphatic rings. The number of aliphatic hydroxyl groups is 1. The van der Waals surface area contributed by atoms with E-state index < -0.39 is 23.5 Å². The van der Waals surface area contributed by atoms with Crippen LogP contribution in [0.25, 0.3) is 0 Å². The van der Waals surface area contributed by atoms with E-state index in [4.69, 9.17) is 14.6 Å². The van der Waals surface area contributed by atoms with Gasteiger partial charge >= 0.3 is 5.97 Å². The summed E-state index contributed by atoms with van der Waals surface area (Å²) in [5.74, 6) is -0.583. The van der Waals surface area contributed by atoms with Gasteiger partial charge in [0, 0.05) is 6.04 Å². The van der Waals surface area contributed by atoms with Gasteiger partial charge in [-0.2, -0.15) is 0 Å². The number of ether oxygens (including phenoxy) is 2. The Balaban J connectivity index is 1.97. The number of methoxy groups -OCH3 is 2. The van der Waals surface area contributed by atoms with Crippen molar-refractivity contribution < 1.29 is 29.3 Å². The van der Waals surface area contributed by atoms with Crippen LogP contribution in [0.2, 0.25) is 0 Å². The molecule has 3 atom stereocenters. The number of benzene rings is 1. The van der Waals surface area contributed by atoms with Gasteiger partial charge < -0.3 is 25.0 Å². The summed E-state index contributed by atoms with van der Waals surface area (Å²) in [4.78, 5) is 23.0. The molecule has 1 amide bonds. The highest BCUT2D eigenvalue weighted by atomic mass is 16.5. The number of carbonyl (C=O) groups excluding carboxylic acids is 1. The zero-order valence-electron chi connectivity index (χ0n) is 14.3. The molecule has 138 valence electrons. The second-order valence-corrected chi connectivity index (χ2v) is 6.04. The van der Waals surface area contributed by atoms with E-state index in [1.165, 1.54) is 0 Å². The van der Waals surface area contributed by atoms with E-state index in [-0.39, 0.29) is 12.6 Å². The fourth-order valence-electron chi connectivity index (χ4n) is 2.47. The average molecular weight is 353 g/mol. The van der Waals surface area contributed by atoms with Gasteiger partial charge in [0.1, 0.15) is 6.04 Å². The minimum Gasteiger partial charge on any atom is -0.493 e. The summed E-state index contributed by atoms with van der Waals surface area (Å²) in [6.45, 7) is 0.753. The van der Waals surface area contributed by atoms with E-state index in [0.717, 1.165) is 12.5 Å². The van der Waals surface area contributed by atoms with Gasteiger partial charge in [-0.3, -0.25) is 4.79 Å². The van der Waals surface area contributed by atoms with Crippen molar-refractivity contribution in [2.75, 3.05) is 20.8 Å². The van der Waals surface area contributed by atoms with Crippen LogP contribution in [0.5, 0.6) is 11.5 Å². The van der Waals surface area contributed by atoms with Crippen LogP contribution in [-0.2, 0) is 9.59 Å². The number of hydrazine groups is 1. The van der Waals surface area contributed by atoms with Gasteiger partial charge in [0.25, 0.3) is 0 Å². The van der Waals surface area contributed by atoms with Crippen molar-refractivity contribution in [3.8, 4) is 11.5 Å². The number of carboxylic acids is 1. The van der Waals surface area contributed by atoms with Crippen LogP contribution in [0.1, 0.15) is 24.9 Å². The van der Waals surface area contributed by atoms with Crippen LogP contribution < -0.4 is 25.6 Å². The van der Waals surface area contributed by atoms with Crippen LogP contribution in [0.3, 0.4) is 0 Å². The third kappa shape index (κ3) is 4.38. The number of nitrogens with one attached hydrogen (secondary N) is 3. The highest BCUT2D eigenvalue weighted by molar-refractivity contribution is 5.83. The zero-order chi connectivity index (χ0) is 18.6. The lowest BCUT2D eigenvalue weighted by atomic mass is 10.0. The van der Waals surface area contributed by atoms with Crippen LogP contribution in [0.15, 0.2) is 18.2 Å². The van der Waals surface area contributed by atoms with E-state index in [1.807, 2.05) is 12.1 Å². The predicted molar refractivity (Wildman–Crippen MR) is 88.2 cm³/mol. The van der Waals surface area contributed by atoms with Gasteiger partial charge in [-0.15, -0.1) is 0 Å². The van der Waals surface area contributed by atoms with Crippen LogP contribution in [0, 0.1) is 0 Å². The molecule has 5 N–H and O–H groups in total. The van der Waals surface area contributed by atoms with E-state index in [2.05, 4.69) is 16.2 Å². The van der Waals surface area contributed by atoms with Gasteiger partial charge in [-0.25, -0.2) is 15.6 Å². The normalized spacial score (nSPS) is 22.1. The van der Waals surface area contributed by atoms with E-state index >= 15 is 0 Å². The van der Waals surface area contributed by atoms with E-state index in [9.17, 15) is 14.7 Å². The first-order chi connectivity index (χ1) is 11.8. The van der Waals surface area contributed by atoms with Gasteiger partial charge in [0.05, 0.1) is 20.8 Å². The summed E-state index contributed by atoms with van der Waals surface area (Å²) >= 11 is 0. The minimum atomic E-state index is -2.01. The first-order valence-corrected chi connectivity index (χ1v) is 7.75. The number of hydrogen-bond acceptors (Lipinski definition) is 7. The van der Waals surface area contributed by atoms with Gasteiger partial charge in [-0.1, -0.05) is 6.07 Å². The Hall–Kier alpha value is -2.36. The molecule has 0 radical (unpaired) electrons. The molecule has 1 fully saturated rings. The molecule has 0 aromatic heterocycles. The number of carbonyl (C=O) groups is 2. The largest absolute Gasteiger partial charge is 0.493 e. The molecule has 0 aliphatic carbocycles.